The van der Waals surface area contributed by atoms with Crippen molar-refractivity contribution in [3.63, 3.8) is 0 Å². The molecule has 4 nitrogen and oxygen atoms in total. The lowest BCUT2D eigenvalue weighted by Crippen LogP contribution is -1.81. The lowest BCUT2D eigenvalue weighted by atomic mass is 10.1. The fraction of sp³-hybridized carbons (Fsp3) is 0.125. The molecule has 4 N–H and O–H groups in total. The van der Waals surface area contributed by atoms with Crippen molar-refractivity contribution in [3.8, 4) is 23.0 Å². The van der Waals surface area contributed by atoms with Crippen molar-refractivity contribution < 1.29 is 20.4 Å². The molecule has 0 spiro atoms. The van der Waals surface area contributed by atoms with Crippen molar-refractivity contribution in [1.29, 1.82) is 0 Å². The Morgan fingerprint density at radius 3 is 1.30 bits per heavy atom. The average molecular weight is 272 g/mol. The Kier molecular flexibility index (Phi) is 3.57. The van der Waals surface area contributed by atoms with Gasteiger partial charge in [0.1, 0.15) is 23.0 Å². The predicted octanol–water partition coefficient (Wildman–Crippen LogP) is 3.30. The zero-order valence-electron chi connectivity index (χ0n) is 11.3. The van der Waals surface area contributed by atoms with Crippen LogP contribution in [0.1, 0.15) is 22.3 Å². The Morgan fingerprint density at radius 1 is 0.600 bits per heavy atom. The third kappa shape index (κ3) is 2.69. The number of hydrogen-bond donors (Lipinski definition) is 4. The Hall–Kier alpha value is -2.62. The first-order chi connectivity index (χ1) is 9.38. The van der Waals surface area contributed by atoms with Crippen LogP contribution in [0.25, 0.3) is 12.2 Å². The summed E-state index contributed by atoms with van der Waals surface area (Å²) >= 11 is 0. The molecule has 0 aliphatic carbocycles. The lowest BCUT2D eigenvalue weighted by Gasteiger charge is -2.05. The molecule has 0 bridgehead atoms. The van der Waals surface area contributed by atoms with Crippen LogP contribution in [0.5, 0.6) is 23.0 Å². The Labute approximate surface area is 116 Å². The van der Waals surface area contributed by atoms with E-state index in [1.165, 1.54) is 24.3 Å². The molecule has 0 radical (unpaired) electrons. The number of aryl methyl sites for hydroxylation is 2. The first-order valence-electron chi connectivity index (χ1n) is 6.11. The molecule has 0 aliphatic rings. The normalized spacial score (nSPS) is 11.1. The molecule has 20 heavy (non-hydrogen) atoms. The molecule has 0 heterocycles. The van der Waals surface area contributed by atoms with Crippen molar-refractivity contribution in [2.24, 2.45) is 0 Å². The molecule has 0 aliphatic heterocycles. The van der Waals surface area contributed by atoms with Gasteiger partial charge in [0.25, 0.3) is 0 Å². The minimum atomic E-state index is 0.0346. The summed E-state index contributed by atoms with van der Waals surface area (Å²) in [5.74, 6) is 0.233. The summed E-state index contributed by atoms with van der Waals surface area (Å²) in [6.45, 7) is 3.37. The van der Waals surface area contributed by atoms with Crippen LogP contribution in [0.3, 0.4) is 0 Å². The number of phenols is 4. The van der Waals surface area contributed by atoms with Crippen molar-refractivity contribution in [2.45, 2.75) is 13.8 Å². The SMILES string of the molecule is Cc1cc(O)c(/C=C/c2cc(O)c(C)cc2O)cc1O. The van der Waals surface area contributed by atoms with Gasteiger partial charge in [0.05, 0.1) is 0 Å². The Balaban J connectivity index is 2.39. The van der Waals surface area contributed by atoms with E-state index in [0.29, 0.717) is 22.3 Å². The third-order valence-corrected chi connectivity index (χ3v) is 3.13. The first-order valence-corrected chi connectivity index (χ1v) is 6.11. The van der Waals surface area contributed by atoms with E-state index in [2.05, 4.69) is 0 Å². The summed E-state index contributed by atoms with van der Waals surface area (Å²) in [7, 11) is 0. The molecule has 4 heteroatoms. The number of hydrogen-bond acceptors (Lipinski definition) is 4. The summed E-state index contributed by atoms with van der Waals surface area (Å²) in [6, 6.07) is 5.79. The van der Waals surface area contributed by atoms with Crippen LogP contribution >= 0.6 is 0 Å². The van der Waals surface area contributed by atoms with Gasteiger partial charge in [-0.2, -0.15) is 0 Å². The van der Waals surface area contributed by atoms with Gasteiger partial charge in [0, 0.05) is 11.1 Å². The van der Waals surface area contributed by atoms with Gasteiger partial charge >= 0.3 is 0 Å². The fourth-order valence-electron chi connectivity index (χ4n) is 1.84. The fourth-order valence-corrected chi connectivity index (χ4v) is 1.84. The molecule has 0 aromatic heterocycles. The molecule has 0 fully saturated rings. The highest BCUT2D eigenvalue weighted by Crippen LogP contribution is 2.31. The lowest BCUT2D eigenvalue weighted by molar-refractivity contribution is 0.455. The van der Waals surface area contributed by atoms with Gasteiger partial charge in [0.15, 0.2) is 0 Å². The third-order valence-electron chi connectivity index (χ3n) is 3.13. The van der Waals surface area contributed by atoms with Crippen LogP contribution < -0.4 is 0 Å². The zero-order valence-corrected chi connectivity index (χ0v) is 11.3. The van der Waals surface area contributed by atoms with Crippen LogP contribution in [0.4, 0.5) is 0 Å². The van der Waals surface area contributed by atoms with Crippen LogP contribution in [-0.2, 0) is 0 Å². The Bertz CT molecular complexity index is 628. The van der Waals surface area contributed by atoms with Crippen LogP contribution in [-0.4, -0.2) is 20.4 Å². The van der Waals surface area contributed by atoms with Crippen molar-refractivity contribution in [1.82, 2.24) is 0 Å². The summed E-state index contributed by atoms with van der Waals surface area (Å²) in [6.07, 6.45) is 3.11. The monoisotopic (exact) mass is 272 g/mol. The van der Waals surface area contributed by atoms with E-state index >= 15 is 0 Å². The van der Waals surface area contributed by atoms with Gasteiger partial charge in [-0.15, -0.1) is 0 Å². The summed E-state index contributed by atoms with van der Waals surface area (Å²) in [4.78, 5) is 0. The standard InChI is InChI=1S/C16H16O4/c1-9-5-15(19)11(7-13(9)17)3-4-12-8-14(18)10(2)6-16(12)20/h3-8,17-20H,1-2H3/b4-3+. The second-order valence-corrected chi connectivity index (χ2v) is 4.73. The molecular formula is C16H16O4. The molecule has 0 unspecified atom stereocenters. The van der Waals surface area contributed by atoms with Gasteiger partial charge < -0.3 is 20.4 Å². The molecule has 0 atom stereocenters. The highest BCUT2D eigenvalue weighted by Gasteiger charge is 2.05. The minimum absolute atomic E-state index is 0.0346. The number of rotatable bonds is 2. The second-order valence-electron chi connectivity index (χ2n) is 4.73. The van der Waals surface area contributed by atoms with Gasteiger partial charge in [-0.25, -0.2) is 0 Å². The highest BCUT2D eigenvalue weighted by molar-refractivity contribution is 5.76. The van der Waals surface area contributed by atoms with Gasteiger partial charge in [-0.3, -0.25) is 0 Å². The van der Waals surface area contributed by atoms with Gasteiger partial charge in [-0.1, -0.05) is 12.2 Å². The van der Waals surface area contributed by atoms with E-state index in [1.54, 1.807) is 26.0 Å². The molecule has 0 saturated carbocycles. The summed E-state index contributed by atoms with van der Waals surface area (Å²) in [5, 5.41) is 38.8. The molecule has 2 rings (SSSR count). The average Bonchev–Trinajstić information content (AvgIpc) is 2.37. The maximum absolute atomic E-state index is 9.79. The molecular weight excluding hydrogens is 256 g/mol. The number of phenolic OH excluding ortho intramolecular Hbond substituents is 4. The van der Waals surface area contributed by atoms with Crippen molar-refractivity contribution in [2.75, 3.05) is 0 Å². The van der Waals surface area contributed by atoms with E-state index in [9.17, 15) is 20.4 Å². The second kappa shape index (κ2) is 5.17. The van der Waals surface area contributed by atoms with E-state index < -0.39 is 0 Å². The van der Waals surface area contributed by atoms with Crippen LogP contribution in [0, 0.1) is 13.8 Å². The maximum Gasteiger partial charge on any atom is 0.123 e. The molecule has 2 aromatic rings. The van der Waals surface area contributed by atoms with Gasteiger partial charge in [0.2, 0.25) is 0 Å². The zero-order chi connectivity index (χ0) is 14.9. The van der Waals surface area contributed by atoms with Crippen LogP contribution in [0.15, 0.2) is 24.3 Å². The molecule has 2 aromatic carbocycles. The maximum atomic E-state index is 9.79. The summed E-state index contributed by atoms with van der Waals surface area (Å²) < 4.78 is 0. The largest absolute Gasteiger partial charge is 0.508 e. The first kappa shape index (κ1) is 13.8. The smallest absolute Gasteiger partial charge is 0.123 e. The van der Waals surface area contributed by atoms with E-state index in [4.69, 9.17) is 0 Å². The highest BCUT2D eigenvalue weighted by atomic mass is 16.3. The quantitative estimate of drug-likeness (QED) is 0.499. The van der Waals surface area contributed by atoms with Crippen LogP contribution in [0.2, 0.25) is 0 Å². The number of aromatic hydroxyl groups is 4. The minimum Gasteiger partial charge on any atom is -0.508 e. The van der Waals surface area contributed by atoms with E-state index in [-0.39, 0.29) is 23.0 Å². The Morgan fingerprint density at radius 2 is 0.950 bits per heavy atom. The van der Waals surface area contributed by atoms with E-state index in [0.717, 1.165) is 0 Å². The van der Waals surface area contributed by atoms with E-state index in [1.807, 2.05) is 0 Å². The topological polar surface area (TPSA) is 80.9 Å². The molecule has 0 amide bonds. The number of benzene rings is 2. The van der Waals surface area contributed by atoms with Crippen molar-refractivity contribution in [3.05, 3.63) is 46.5 Å². The molecule has 104 valence electrons. The summed E-state index contributed by atoms with van der Waals surface area (Å²) in [5.41, 5.74) is 2.01. The molecule has 0 saturated heterocycles. The predicted molar refractivity (Wildman–Crippen MR) is 77.9 cm³/mol. The van der Waals surface area contributed by atoms with Gasteiger partial charge in [-0.05, 0) is 49.2 Å². The van der Waals surface area contributed by atoms with Crippen molar-refractivity contribution >= 4 is 12.2 Å².